The van der Waals surface area contributed by atoms with Gasteiger partial charge in [0.05, 0.1) is 0 Å². The van der Waals surface area contributed by atoms with Gasteiger partial charge >= 0.3 is 0 Å². The molecule has 1 heterocycles. The van der Waals surface area contributed by atoms with E-state index in [0.717, 1.165) is 45.2 Å². The molecule has 0 aromatic heterocycles. The van der Waals surface area contributed by atoms with Crippen molar-refractivity contribution in [1.82, 2.24) is 4.90 Å². The largest absolute Gasteiger partial charge is 0.328 e. The Hall–Kier alpha value is -0.150. The maximum atomic E-state index is 13.7. The van der Waals surface area contributed by atoms with E-state index in [1.807, 2.05) is 0 Å². The molecule has 2 N–H and O–H groups in total. The van der Waals surface area contributed by atoms with Crippen molar-refractivity contribution in [2.24, 2.45) is 5.73 Å². The lowest BCUT2D eigenvalue weighted by atomic mass is 9.90. The van der Waals surface area contributed by atoms with Gasteiger partial charge in [0.1, 0.15) is 6.17 Å². The van der Waals surface area contributed by atoms with Gasteiger partial charge in [0, 0.05) is 25.2 Å². The molecule has 1 saturated heterocycles. The Morgan fingerprint density at radius 2 is 1.64 bits per heavy atom. The summed E-state index contributed by atoms with van der Waals surface area (Å²) in [5, 5.41) is 0. The number of piperidine rings is 1. The molecule has 2 aliphatic rings. The Bertz CT molecular complexity index is 178. The zero-order chi connectivity index (χ0) is 9.97. The van der Waals surface area contributed by atoms with Gasteiger partial charge in [-0.25, -0.2) is 4.39 Å². The van der Waals surface area contributed by atoms with E-state index < -0.39 is 6.17 Å². The molecule has 0 aromatic rings. The van der Waals surface area contributed by atoms with Crippen molar-refractivity contribution < 1.29 is 4.39 Å². The van der Waals surface area contributed by atoms with E-state index in [1.54, 1.807) is 0 Å². The van der Waals surface area contributed by atoms with Gasteiger partial charge in [0.15, 0.2) is 0 Å². The maximum Gasteiger partial charge on any atom is 0.116 e. The fourth-order valence-electron chi connectivity index (χ4n) is 2.73. The summed E-state index contributed by atoms with van der Waals surface area (Å²) in [5.41, 5.74) is 5.84. The molecule has 0 bridgehead atoms. The molecule has 0 aromatic carbocycles. The van der Waals surface area contributed by atoms with Crippen molar-refractivity contribution >= 4 is 0 Å². The first-order chi connectivity index (χ1) is 6.77. The lowest BCUT2D eigenvalue weighted by Crippen LogP contribution is -2.49. The Balaban J connectivity index is 1.87. The number of likely N-dealkylation sites (tertiary alicyclic amines) is 1. The molecule has 0 amide bonds. The summed E-state index contributed by atoms with van der Waals surface area (Å²) in [6.45, 7) is 2.01. The molecule has 3 heteroatoms. The molecular weight excluding hydrogens is 179 g/mol. The maximum absolute atomic E-state index is 13.7. The fourth-order valence-corrected chi connectivity index (χ4v) is 2.73. The number of rotatable bonds is 1. The van der Waals surface area contributed by atoms with Crippen LogP contribution in [-0.4, -0.2) is 36.2 Å². The molecule has 14 heavy (non-hydrogen) atoms. The quantitative estimate of drug-likeness (QED) is 0.698. The minimum absolute atomic E-state index is 0.205. The van der Waals surface area contributed by atoms with Crippen molar-refractivity contribution in [3.8, 4) is 0 Å². The second-order valence-corrected chi connectivity index (χ2v) is 4.74. The highest BCUT2D eigenvalue weighted by atomic mass is 19.1. The van der Waals surface area contributed by atoms with Gasteiger partial charge in [-0.2, -0.15) is 0 Å². The molecule has 0 radical (unpaired) electrons. The molecule has 1 saturated carbocycles. The van der Waals surface area contributed by atoms with Crippen LogP contribution in [0.25, 0.3) is 0 Å². The van der Waals surface area contributed by atoms with Crippen molar-refractivity contribution in [2.75, 3.05) is 13.1 Å². The Labute approximate surface area is 85.6 Å². The minimum Gasteiger partial charge on any atom is -0.328 e. The van der Waals surface area contributed by atoms with Crippen molar-refractivity contribution in [3.05, 3.63) is 0 Å². The molecule has 82 valence electrons. The van der Waals surface area contributed by atoms with Crippen LogP contribution < -0.4 is 5.73 Å². The SMILES string of the molecule is NC1CCN([C@H]2CCCC[C@H]2F)CC1. The standard InChI is InChI=1S/C11H21FN2/c12-10-3-1-2-4-11(10)14-7-5-9(13)6-8-14/h9-11H,1-8,13H2/t10-,11+/m1/s1. The van der Waals surface area contributed by atoms with Gasteiger partial charge in [0.25, 0.3) is 0 Å². The third-order valence-electron chi connectivity index (χ3n) is 3.69. The number of alkyl halides is 1. The van der Waals surface area contributed by atoms with E-state index in [-0.39, 0.29) is 6.04 Å². The topological polar surface area (TPSA) is 29.3 Å². The zero-order valence-electron chi connectivity index (χ0n) is 8.79. The number of halogens is 1. The summed E-state index contributed by atoms with van der Waals surface area (Å²) in [4.78, 5) is 2.33. The van der Waals surface area contributed by atoms with Crippen LogP contribution in [0.4, 0.5) is 4.39 Å². The van der Waals surface area contributed by atoms with E-state index in [1.165, 1.54) is 6.42 Å². The molecule has 1 aliphatic heterocycles. The van der Waals surface area contributed by atoms with Crippen LogP contribution in [0, 0.1) is 0 Å². The lowest BCUT2D eigenvalue weighted by molar-refractivity contribution is 0.0576. The lowest BCUT2D eigenvalue weighted by Gasteiger charge is -2.40. The number of hydrogen-bond acceptors (Lipinski definition) is 2. The Morgan fingerprint density at radius 3 is 2.29 bits per heavy atom. The van der Waals surface area contributed by atoms with Crippen LogP contribution in [0.15, 0.2) is 0 Å². The fraction of sp³-hybridized carbons (Fsp3) is 1.00. The van der Waals surface area contributed by atoms with Crippen molar-refractivity contribution in [1.29, 1.82) is 0 Å². The van der Waals surface area contributed by atoms with Crippen LogP contribution in [0.5, 0.6) is 0 Å². The third-order valence-corrected chi connectivity index (χ3v) is 3.69. The molecule has 2 fully saturated rings. The monoisotopic (exact) mass is 200 g/mol. The Morgan fingerprint density at radius 1 is 1.00 bits per heavy atom. The minimum atomic E-state index is -0.585. The number of hydrogen-bond donors (Lipinski definition) is 1. The van der Waals surface area contributed by atoms with E-state index >= 15 is 0 Å². The van der Waals surface area contributed by atoms with E-state index in [2.05, 4.69) is 4.90 Å². The summed E-state index contributed by atoms with van der Waals surface area (Å²) >= 11 is 0. The summed E-state index contributed by atoms with van der Waals surface area (Å²) < 4.78 is 13.7. The van der Waals surface area contributed by atoms with Crippen molar-refractivity contribution in [3.63, 3.8) is 0 Å². The molecule has 0 spiro atoms. The van der Waals surface area contributed by atoms with Crippen molar-refractivity contribution in [2.45, 2.75) is 56.8 Å². The molecule has 1 aliphatic carbocycles. The highest BCUT2D eigenvalue weighted by Gasteiger charge is 2.31. The molecule has 2 nitrogen and oxygen atoms in total. The highest BCUT2D eigenvalue weighted by molar-refractivity contribution is 4.86. The van der Waals surface area contributed by atoms with E-state index in [0.29, 0.717) is 6.04 Å². The molecule has 2 rings (SSSR count). The predicted molar refractivity (Wildman–Crippen MR) is 55.9 cm³/mol. The van der Waals surface area contributed by atoms with Gasteiger partial charge < -0.3 is 5.73 Å². The average Bonchev–Trinajstić information content (AvgIpc) is 2.20. The van der Waals surface area contributed by atoms with Gasteiger partial charge in [-0.15, -0.1) is 0 Å². The molecule has 2 atom stereocenters. The van der Waals surface area contributed by atoms with Crippen LogP contribution in [-0.2, 0) is 0 Å². The number of nitrogens with two attached hydrogens (primary N) is 1. The normalized spacial score (nSPS) is 37.3. The highest BCUT2D eigenvalue weighted by Crippen LogP contribution is 2.27. The summed E-state index contributed by atoms with van der Waals surface area (Å²) in [6, 6.07) is 0.559. The summed E-state index contributed by atoms with van der Waals surface area (Å²) in [5.74, 6) is 0. The smallest absolute Gasteiger partial charge is 0.116 e. The first kappa shape index (κ1) is 10.4. The molecular formula is C11H21FN2. The second-order valence-electron chi connectivity index (χ2n) is 4.74. The van der Waals surface area contributed by atoms with E-state index in [4.69, 9.17) is 5.73 Å². The van der Waals surface area contributed by atoms with Gasteiger partial charge in [-0.3, -0.25) is 4.90 Å². The summed E-state index contributed by atoms with van der Waals surface area (Å²) in [6.07, 6.45) is 5.60. The van der Waals surface area contributed by atoms with Crippen LogP contribution in [0.1, 0.15) is 38.5 Å². The predicted octanol–water partition coefficient (Wildman–Crippen LogP) is 1.69. The van der Waals surface area contributed by atoms with Gasteiger partial charge in [0.2, 0.25) is 0 Å². The van der Waals surface area contributed by atoms with Gasteiger partial charge in [-0.1, -0.05) is 12.8 Å². The first-order valence-electron chi connectivity index (χ1n) is 5.91. The van der Waals surface area contributed by atoms with Crippen LogP contribution in [0.2, 0.25) is 0 Å². The molecule has 0 unspecified atom stereocenters. The summed E-state index contributed by atoms with van der Waals surface area (Å²) in [7, 11) is 0. The van der Waals surface area contributed by atoms with Gasteiger partial charge in [-0.05, 0) is 25.7 Å². The zero-order valence-corrected chi connectivity index (χ0v) is 8.79. The average molecular weight is 200 g/mol. The number of nitrogens with zero attached hydrogens (tertiary/aromatic N) is 1. The van der Waals surface area contributed by atoms with E-state index in [9.17, 15) is 4.39 Å². The van der Waals surface area contributed by atoms with Crippen LogP contribution in [0.3, 0.4) is 0 Å². The Kier molecular flexibility index (Phi) is 3.39. The third kappa shape index (κ3) is 2.26. The first-order valence-corrected chi connectivity index (χ1v) is 5.91. The second kappa shape index (κ2) is 4.58. The van der Waals surface area contributed by atoms with Crippen LogP contribution >= 0.6 is 0 Å².